The van der Waals surface area contributed by atoms with Crippen LogP contribution >= 0.6 is 11.6 Å². The van der Waals surface area contributed by atoms with Gasteiger partial charge in [-0.1, -0.05) is 23.7 Å². The highest BCUT2D eigenvalue weighted by atomic mass is 35.5. The van der Waals surface area contributed by atoms with E-state index in [1.54, 1.807) is 0 Å². The lowest BCUT2D eigenvalue weighted by Gasteiger charge is -2.26. The van der Waals surface area contributed by atoms with E-state index in [2.05, 4.69) is 11.8 Å². The molecule has 0 saturated carbocycles. The molecule has 1 aliphatic heterocycles. The summed E-state index contributed by atoms with van der Waals surface area (Å²) in [5.41, 5.74) is 5.88. The largest absolute Gasteiger partial charge is 0.480 e. The van der Waals surface area contributed by atoms with Crippen LogP contribution in [0.5, 0.6) is 0 Å². The summed E-state index contributed by atoms with van der Waals surface area (Å²) in [7, 11) is 0. The van der Waals surface area contributed by atoms with Gasteiger partial charge >= 0.3 is 5.97 Å². The molecule has 18 heavy (non-hydrogen) atoms. The number of hydrogen-bond acceptors (Lipinski definition) is 3. The molecule has 1 aliphatic rings. The van der Waals surface area contributed by atoms with Crippen LogP contribution in [0.2, 0.25) is 5.02 Å². The Hall–Kier alpha value is -1.10. The van der Waals surface area contributed by atoms with Gasteiger partial charge < -0.3 is 10.8 Å². The highest BCUT2D eigenvalue weighted by molar-refractivity contribution is 6.30. The molecule has 1 aromatic rings. The normalized spacial score (nSPS) is 26.2. The minimum absolute atomic E-state index is 0.145. The Kier molecular flexibility index (Phi) is 3.61. The van der Waals surface area contributed by atoms with Crippen molar-refractivity contribution in [2.24, 2.45) is 5.73 Å². The Morgan fingerprint density at radius 2 is 2.11 bits per heavy atom. The first kappa shape index (κ1) is 13.3. The molecule has 0 aliphatic carbocycles. The van der Waals surface area contributed by atoms with E-state index in [1.807, 2.05) is 24.3 Å². The highest BCUT2D eigenvalue weighted by Gasteiger charge is 2.42. The number of carbonyl (C=O) groups is 1. The van der Waals surface area contributed by atoms with Gasteiger partial charge in [0.15, 0.2) is 0 Å². The molecule has 0 radical (unpaired) electrons. The number of carboxylic acids is 1. The first-order valence-corrected chi connectivity index (χ1v) is 6.32. The molecular formula is C13H17ClN2O2. The average Bonchev–Trinajstić information content (AvgIpc) is 2.73. The van der Waals surface area contributed by atoms with Crippen molar-refractivity contribution in [1.82, 2.24) is 4.90 Å². The molecule has 1 fully saturated rings. The topological polar surface area (TPSA) is 66.6 Å². The van der Waals surface area contributed by atoms with E-state index < -0.39 is 11.5 Å². The predicted molar refractivity (Wildman–Crippen MR) is 70.6 cm³/mol. The van der Waals surface area contributed by atoms with Crippen LogP contribution in [0.1, 0.15) is 24.9 Å². The minimum atomic E-state index is -1.11. The SMILES string of the molecule is CC(c1ccc(Cl)cc1)N1CCC(N)(C(=O)O)C1. The number of nitrogens with zero attached hydrogens (tertiary/aromatic N) is 1. The zero-order chi connectivity index (χ0) is 13.3. The number of halogens is 1. The van der Waals surface area contributed by atoms with Crippen molar-refractivity contribution in [2.75, 3.05) is 13.1 Å². The number of carboxylic acid groups (broad SMARTS) is 1. The van der Waals surface area contributed by atoms with Gasteiger partial charge in [0.05, 0.1) is 0 Å². The predicted octanol–water partition coefficient (Wildman–Crippen LogP) is 1.89. The van der Waals surface area contributed by atoms with Crippen LogP contribution in [-0.2, 0) is 4.79 Å². The van der Waals surface area contributed by atoms with E-state index in [0.717, 1.165) is 5.56 Å². The summed E-state index contributed by atoms with van der Waals surface area (Å²) in [6.07, 6.45) is 0.486. The minimum Gasteiger partial charge on any atom is -0.480 e. The van der Waals surface area contributed by atoms with Gasteiger partial charge in [-0.2, -0.15) is 0 Å². The van der Waals surface area contributed by atoms with Gasteiger partial charge in [0.2, 0.25) is 0 Å². The van der Waals surface area contributed by atoms with Crippen LogP contribution in [-0.4, -0.2) is 34.6 Å². The number of rotatable bonds is 3. The maximum absolute atomic E-state index is 11.1. The molecule has 98 valence electrons. The standard InChI is InChI=1S/C13H17ClN2O2/c1-9(10-2-4-11(14)5-3-10)16-7-6-13(15,8-16)12(17)18/h2-5,9H,6-8,15H2,1H3,(H,17,18). The van der Waals surface area contributed by atoms with Crippen LogP contribution < -0.4 is 5.73 Å². The van der Waals surface area contributed by atoms with Crippen LogP contribution in [0.4, 0.5) is 0 Å². The highest BCUT2D eigenvalue weighted by Crippen LogP contribution is 2.29. The van der Waals surface area contributed by atoms with Gasteiger partial charge in [-0.25, -0.2) is 0 Å². The maximum atomic E-state index is 11.1. The third-order valence-corrected chi connectivity index (χ3v) is 3.91. The Morgan fingerprint density at radius 1 is 1.50 bits per heavy atom. The zero-order valence-electron chi connectivity index (χ0n) is 10.3. The quantitative estimate of drug-likeness (QED) is 0.879. The molecule has 3 N–H and O–H groups in total. The lowest BCUT2D eigenvalue weighted by atomic mass is 10.0. The lowest BCUT2D eigenvalue weighted by molar-refractivity contribution is -0.142. The van der Waals surface area contributed by atoms with E-state index >= 15 is 0 Å². The van der Waals surface area contributed by atoms with E-state index in [9.17, 15) is 4.79 Å². The van der Waals surface area contributed by atoms with E-state index in [4.69, 9.17) is 22.4 Å². The number of likely N-dealkylation sites (tertiary alicyclic amines) is 1. The third-order valence-electron chi connectivity index (χ3n) is 3.66. The van der Waals surface area contributed by atoms with Gasteiger partial charge in [-0.05, 0) is 31.0 Å². The fraction of sp³-hybridized carbons (Fsp3) is 0.462. The van der Waals surface area contributed by atoms with Crippen molar-refractivity contribution in [3.63, 3.8) is 0 Å². The lowest BCUT2D eigenvalue weighted by Crippen LogP contribution is -2.50. The monoisotopic (exact) mass is 268 g/mol. The molecule has 1 saturated heterocycles. The molecule has 2 unspecified atom stereocenters. The summed E-state index contributed by atoms with van der Waals surface area (Å²) in [4.78, 5) is 13.2. The first-order chi connectivity index (χ1) is 8.42. The fourth-order valence-electron chi connectivity index (χ4n) is 2.32. The van der Waals surface area contributed by atoms with Gasteiger partial charge in [-0.3, -0.25) is 9.69 Å². The smallest absolute Gasteiger partial charge is 0.325 e. The molecule has 0 aromatic heterocycles. The van der Waals surface area contributed by atoms with Crippen molar-refractivity contribution in [2.45, 2.75) is 24.9 Å². The molecule has 5 heteroatoms. The molecule has 1 aromatic carbocycles. The summed E-state index contributed by atoms with van der Waals surface area (Å²) in [6, 6.07) is 7.76. The van der Waals surface area contributed by atoms with Crippen LogP contribution in [0.15, 0.2) is 24.3 Å². The summed E-state index contributed by atoms with van der Waals surface area (Å²) < 4.78 is 0. The number of benzene rings is 1. The van der Waals surface area contributed by atoms with Crippen molar-refractivity contribution in [1.29, 1.82) is 0 Å². The molecule has 0 amide bonds. The second-order valence-electron chi connectivity index (χ2n) is 4.91. The summed E-state index contributed by atoms with van der Waals surface area (Å²) in [5.74, 6) is -0.923. The fourth-order valence-corrected chi connectivity index (χ4v) is 2.45. The summed E-state index contributed by atoms with van der Waals surface area (Å²) in [5, 5.41) is 9.81. The molecule has 0 bridgehead atoms. The molecule has 4 nitrogen and oxygen atoms in total. The molecular weight excluding hydrogens is 252 g/mol. The zero-order valence-corrected chi connectivity index (χ0v) is 11.0. The second-order valence-corrected chi connectivity index (χ2v) is 5.35. The Balaban J connectivity index is 2.10. The van der Waals surface area contributed by atoms with Crippen molar-refractivity contribution in [3.05, 3.63) is 34.9 Å². The average molecular weight is 269 g/mol. The molecule has 2 rings (SSSR count). The van der Waals surface area contributed by atoms with E-state index in [1.165, 1.54) is 0 Å². The van der Waals surface area contributed by atoms with Gasteiger partial charge in [-0.15, -0.1) is 0 Å². The Bertz CT molecular complexity index is 449. The van der Waals surface area contributed by atoms with Crippen LogP contribution in [0.25, 0.3) is 0 Å². The number of nitrogens with two attached hydrogens (primary N) is 1. The van der Waals surface area contributed by atoms with E-state index in [-0.39, 0.29) is 6.04 Å². The number of hydrogen-bond donors (Lipinski definition) is 2. The molecule has 0 spiro atoms. The van der Waals surface area contributed by atoms with Crippen molar-refractivity contribution < 1.29 is 9.90 Å². The van der Waals surface area contributed by atoms with Crippen LogP contribution in [0.3, 0.4) is 0 Å². The summed E-state index contributed by atoms with van der Waals surface area (Å²) in [6.45, 7) is 3.13. The van der Waals surface area contributed by atoms with Crippen molar-refractivity contribution >= 4 is 17.6 Å². The molecule has 1 heterocycles. The summed E-state index contributed by atoms with van der Waals surface area (Å²) >= 11 is 5.85. The van der Waals surface area contributed by atoms with Gasteiger partial charge in [0, 0.05) is 24.2 Å². The number of aliphatic carboxylic acids is 1. The molecule has 2 atom stereocenters. The first-order valence-electron chi connectivity index (χ1n) is 5.94. The third kappa shape index (κ3) is 2.51. The second kappa shape index (κ2) is 4.88. The Morgan fingerprint density at radius 3 is 2.61 bits per heavy atom. The van der Waals surface area contributed by atoms with Gasteiger partial charge in [0.25, 0.3) is 0 Å². The Labute approximate surface area is 111 Å². The van der Waals surface area contributed by atoms with Gasteiger partial charge in [0.1, 0.15) is 5.54 Å². The maximum Gasteiger partial charge on any atom is 0.325 e. The van der Waals surface area contributed by atoms with E-state index in [0.29, 0.717) is 24.5 Å². The van der Waals surface area contributed by atoms with Crippen molar-refractivity contribution in [3.8, 4) is 0 Å². The van der Waals surface area contributed by atoms with Crippen LogP contribution in [0, 0.1) is 0 Å².